The van der Waals surface area contributed by atoms with Gasteiger partial charge in [-0.15, -0.1) is 0 Å². The Bertz CT molecular complexity index is 2560. The van der Waals surface area contributed by atoms with Crippen LogP contribution in [0.5, 0.6) is 0 Å². The van der Waals surface area contributed by atoms with Crippen LogP contribution in [0.2, 0.25) is 0 Å². The Hall–Kier alpha value is -5.23. The molecule has 0 atom stereocenters. The molecule has 0 unspecified atom stereocenters. The number of hydrogen-bond acceptors (Lipinski definition) is 10. The number of nitrogens with two attached hydrogens (primary N) is 4. The van der Waals surface area contributed by atoms with E-state index in [4.69, 9.17) is 47.1 Å². The van der Waals surface area contributed by atoms with Crippen molar-refractivity contribution >= 4 is 48.1 Å². The van der Waals surface area contributed by atoms with E-state index in [-0.39, 0.29) is 0 Å². The summed E-state index contributed by atoms with van der Waals surface area (Å²) in [5.41, 5.74) is 5.53. The fraction of sp³-hybridized carbons (Fsp3) is 0. The quantitative estimate of drug-likeness (QED) is 0.142. The average molecular weight is 773 g/mol. The second kappa shape index (κ2) is 8.91. The van der Waals surface area contributed by atoms with Gasteiger partial charge in [0.15, 0.2) is 0 Å². The first-order valence-electron chi connectivity index (χ1n) is 13.8. The average Bonchev–Trinajstić information content (AvgIpc) is 3.76. The van der Waals surface area contributed by atoms with Crippen LogP contribution in [-0.2, 0) is 15.8 Å². The van der Waals surface area contributed by atoms with Gasteiger partial charge >= 0.3 is 251 Å². The molecule has 9 rings (SSSR count). The Morgan fingerprint density at radius 2 is 0.778 bits per heavy atom. The van der Waals surface area contributed by atoms with Gasteiger partial charge in [-0.1, -0.05) is 6.07 Å². The van der Waals surface area contributed by atoms with Crippen LogP contribution >= 0.6 is 0 Å². The number of aromatic nitrogens is 8. The molecular weight excluding hydrogens is 748 g/mol. The van der Waals surface area contributed by atoms with Gasteiger partial charge in [0.1, 0.15) is 0 Å². The SMILES string of the molecule is [NH2][Pt]([NH2])([NH2])([NH2])[c]1cccc2c3nc4nc(nc5[nH]c(nc6nc(nc([nH]3)c12)-c1ccccc1-6)c1ccccc51)-c1ccccc1-4. The van der Waals surface area contributed by atoms with Crippen LogP contribution in [0.3, 0.4) is 0 Å². The summed E-state index contributed by atoms with van der Waals surface area (Å²) in [6.45, 7) is 0. The number of aromatic amines is 2. The molecular formula is C32H25N12Pt. The Morgan fingerprint density at radius 1 is 0.400 bits per heavy atom. The molecule has 0 radical (unpaired) electrons. The van der Waals surface area contributed by atoms with Crippen molar-refractivity contribution < 1.29 is 15.8 Å². The van der Waals surface area contributed by atoms with Crippen molar-refractivity contribution in [1.82, 2.24) is 39.9 Å². The second-order valence-corrected chi connectivity index (χ2v) is 19.3. The van der Waals surface area contributed by atoms with Crippen molar-refractivity contribution in [3.05, 3.63) is 91.0 Å². The molecule has 0 saturated carbocycles. The van der Waals surface area contributed by atoms with Gasteiger partial charge in [-0.25, -0.2) is 0 Å². The zero-order chi connectivity index (χ0) is 30.5. The topological polar surface area (TPSA) is 213 Å². The van der Waals surface area contributed by atoms with Crippen molar-refractivity contribution in [1.29, 1.82) is 0 Å². The van der Waals surface area contributed by atoms with Crippen molar-refractivity contribution in [2.24, 2.45) is 17.2 Å². The zero-order valence-corrected chi connectivity index (χ0v) is 25.7. The van der Waals surface area contributed by atoms with E-state index in [2.05, 4.69) is 9.97 Å². The molecule has 0 saturated heterocycles. The predicted octanol–water partition coefficient (Wildman–Crippen LogP) is 3.68. The molecule has 7 aromatic rings. The van der Waals surface area contributed by atoms with Crippen LogP contribution in [-0.4, -0.2) is 39.9 Å². The molecule has 0 spiro atoms. The number of rotatable bonds is 1. The molecule has 4 aromatic carbocycles. The molecule has 45 heavy (non-hydrogen) atoms. The van der Waals surface area contributed by atoms with E-state index in [1.54, 1.807) is 6.07 Å². The normalized spacial score (nSPS) is 13.4. The molecule has 3 aromatic heterocycles. The third-order valence-electron chi connectivity index (χ3n) is 7.90. The predicted molar refractivity (Wildman–Crippen MR) is 172 cm³/mol. The Kier molecular flexibility index (Phi) is 5.19. The van der Waals surface area contributed by atoms with Crippen LogP contribution in [0.1, 0.15) is 0 Å². The molecule has 2 aliphatic rings. The van der Waals surface area contributed by atoms with E-state index >= 15 is 0 Å². The summed E-state index contributed by atoms with van der Waals surface area (Å²) in [5, 5.41) is 3.11. The van der Waals surface area contributed by atoms with Crippen LogP contribution < -0.4 is 21.1 Å². The maximum absolute atomic E-state index is 6.47. The van der Waals surface area contributed by atoms with E-state index in [0.717, 1.165) is 33.0 Å². The minimum absolute atomic E-state index is 0.426. The molecule has 12 nitrogen and oxygen atoms in total. The van der Waals surface area contributed by atoms with Gasteiger partial charge in [0, 0.05) is 0 Å². The van der Waals surface area contributed by atoms with Gasteiger partial charge in [0.05, 0.1) is 0 Å². The number of nitrogens with one attached hydrogen (secondary N) is 2. The van der Waals surface area contributed by atoms with Crippen LogP contribution in [0.4, 0.5) is 0 Å². The molecule has 8 bridgehead atoms. The van der Waals surface area contributed by atoms with Crippen molar-refractivity contribution in [2.75, 3.05) is 0 Å². The number of fused-ring (bicyclic) bond motifs is 20. The first kappa shape index (κ1) is 26.2. The van der Waals surface area contributed by atoms with Gasteiger partial charge in [-0.2, -0.15) is 0 Å². The van der Waals surface area contributed by atoms with Crippen molar-refractivity contribution in [3.63, 3.8) is 0 Å². The van der Waals surface area contributed by atoms with Gasteiger partial charge in [-0.05, 0) is 0 Å². The number of hydrogen-bond donors (Lipinski definition) is 6. The molecule has 5 heterocycles. The maximum atomic E-state index is 6.47. The fourth-order valence-electron chi connectivity index (χ4n) is 5.93. The van der Waals surface area contributed by atoms with Crippen LogP contribution in [0.25, 0.3) is 89.7 Å². The minimum atomic E-state index is -4.97. The molecule has 0 fully saturated rings. The standard InChI is InChI=1S/C32H17N8.4H2N.Pt/c1-2-10-18-17(9-1)25-33-26(18)38-28-21-13-5-6-14-22(21)30(35-28)40-32-24-16-8-7-15-23(24)31(36-32)39-29-20-12-4-3-11-19(20)27(34-29)37-25;;;;;/h1-15H,(H2,33,34,35,36,37,38,39,40);4*1H2;/q;4*-1;+4. The molecule has 2 aliphatic heterocycles. The van der Waals surface area contributed by atoms with Crippen molar-refractivity contribution in [2.45, 2.75) is 0 Å². The zero-order valence-electron chi connectivity index (χ0n) is 23.5. The molecule has 10 N–H and O–H groups in total. The van der Waals surface area contributed by atoms with Gasteiger partial charge < -0.3 is 0 Å². The number of nitrogens with zero attached hydrogens (tertiary/aromatic N) is 6. The summed E-state index contributed by atoms with van der Waals surface area (Å²) < 4.78 is 26.3. The number of H-pyrrole nitrogens is 2. The fourth-order valence-corrected chi connectivity index (χ4v) is 8.91. The van der Waals surface area contributed by atoms with Gasteiger partial charge in [0.25, 0.3) is 0 Å². The summed E-state index contributed by atoms with van der Waals surface area (Å²) in [4.78, 5) is 36.7. The summed E-state index contributed by atoms with van der Waals surface area (Å²) in [7, 11) is 0. The van der Waals surface area contributed by atoms with E-state index in [1.807, 2.05) is 84.9 Å². The van der Waals surface area contributed by atoms with E-state index in [9.17, 15) is 0 Å². The molecule has 13 heteroatoms. The summed E-state index contributed by atoms with van der Waals surface area (Å²) >= 11 is -4.97. The summed E-state index contributed by atoms with van der Waals surface area (Å²) in [6.07, 6.45) is 0. The van der Waals surface area contributed by atoms with E-state index in [1.165, 1.54) is 0 Å². The molecule has 0 amide bonds. The van der Waals surface area contributed by atoms with Crippen molar-refractivity contribution in [3.8, 4) is 45.6 Å². The second-order valence-electron chi connectivity index (χ2n) is 10.9. The van der Waals surface area contributed by atoms with E-state index < -0.39 is 15.8 Å². The number of benzene rings is 4. The van der Waals surface area contributed by atoms with Crippen LogP contribution in [0, 0.1) is 0 Å². The van der Waals surface area contributed by atoms with E-state index in [0.29, 0.717) is 60.6 Å². The Labute approximate surface area is 256 Å². The molecule has 0 aliphatic carbocycles. The van der Waals surface area contributed by atoms with Crippen LogP contribution in [0.15, 0.2) is 91.0 Å². The Balaban J connectivity index is 1.52. The first-order chi connectivity index (χ1) is 21.7. The summed E-state index contributed by atoms with van der Waals surface area (Å²) in [6, 6.07) is 29.1. The third-order valence-corrected chi connectivity index (χ3v) is 11.7. The van der Waals surface area contributed by atoms with Gasteiger partial charge in [0.2, 0.25) is 0 Å². The first-order valence-corrected chi connectivity index (χ1v) is 20.2. The molecule has 223 valence electrons. The third kappa shape index (κ3) is 4.05. The monoisotopic (exact) mass is 772 g/mol. The Morgan fingerprint density at radius 3 is 1.24 bits per heavy atom. The van der Waals surface area contributed by atoms with Gasteiger partial charge in [-0.3, -0.25) is 0 Å². The summed E-state index contributed by atoms with van der Waals surface area (Å²) in [5.74, 6) is 1.97.